The molecule has 0 saturated heterocycles. The third kappa shape index (κ3) is 9.47. The fourth-order valence-electron chi connectivity index (χ4n) is 5.72. The number of amides is 1. The lowest BCUT2D eigenvalue weighted by Crippen LogP contribution is -2.28. The van der Waals surface area contributed by atoms with Gasteiger partial charge >= 0.3 is 0 Å². The molecule has 0 radical (unpaired) electrons. The van der Waals surface area contributed by atoms with Crippen molar-refractivity contribution >= 4 is 23.5 Å². The van der Waals surface area contributed by atoms with E-state index in [0.717, 1.165) is 89.8 Å². The van der Waals surface area contributed by atoms with Crippen molar-refractivity contribution in [2.75, 3.05) is 12.4 Å². The molecule has 1 amide bonds. The van der Waals surface area contributed by atoms with Crippen molar-refractivity contribution in [2.24, 2.45) is 9.98 Å². The summed E-state index contributed by atoms with van der Waals surface area (Å²) in [7, 11) is 1.81. The van der Waals surface area contributed by atoms with E-state index in [-0.39, 0.29) is 18.1 Å². The molecule has 46 heavy (non-hydrogen) atoms. The van der Waals surface area contributed by atoms with E-state index in [1.807, 2.05) is 62.7 Å². The van der Waals surface area contributed by atoms with Crippen molar-refractivity contribution in [3.8, 4) is 0 Å². The van der Waals surface area contributed by atoms with Gasteiger partial charge in [-0.1, -0.05) is 43.9 Å². The van der Waals surface area contributed by atoms with Crippen LogP contribution in [0.3, 0.4) is 0 Å². The largest absolute Gasteiger partial charge is 0.381 e. The highest BCUT2D eigenvalue weighted by molar-refractivity contribution is 6.12. The van der Waals surface area contributed by atoms with Crippen LogP contribution in [0.25, 0.3) is 0 Å². The average molecular weight is 621 g/mol. The SMILES string of the molecule is C=C/C=C1\C(=C/CC)N=C/C(=C\C(=NC2CCCC(OC)CC2)/C(=C\C)Nc2ccc(C)nc2)N1C1=CCC=C(NC(C)=O)C=C1. The highest BCUT2D eigenvalue weighted by atomic mass is 16.5. The Morgan fingerprint density at radius 1 is 1.17 bits per heavy atom. The summed E-state index contributed by atoms with van der Waals surface area (Å²) >= 11 is 0. The first-order chi connectivity index (χ1) is 22.3. The van der Waals surface area contributed by atoms with Crippen LogP contribution in [-0.4, -0.2) is 47.0 Å². The lowest BCUT2D eigenvalue weighted by Gasteiger charge is -2.33. The zero-order valence-electron chi connectivity index (χ0n) is 27.9. The summed E-state index contributed by atoms with van der Waals surface area (Å²) in [5, 5.41) is 6.49. The van der Waals surface area contributed by atoms with Gasteiger partial charge in [0.05, 0.1) is 58.7 Å². The molecule has 2 N–H and O–H groups in total. The van der Waals surface area contributed by atoms with Crippen molar-refractivity contribution in [3.63, 3.8) is 0 Å². The predicted octanol–water partition coefficient (Wildman–Crippen LogP) is 7.99. The molecule has 3 aliphatic rings. The number of nitrogens with one attached hydrogen (secondary N) is 2. The highest BCUT2D eigenvalue weighted by Crippen LogP contribution is 2.33. The van der Waals surface area contributed by atoms with Gasteiger partial charge in [0.15, 0.2) is 0 Å². The van der Waals surface area contributed by atoms with Crippen LogP contribution in [0.1, 0.15) is 71.4 Å². The van der Waals surface area contributed by atoms with Gasteiger partial charge in [-0.25, -0.2) is 0 Å². The molecule has 8 nitrogen and oxygen atoms in total. The number of anilines is 1. The number of pyridine rings is 1. The second-order valence-electron chi connectivity index (χ2n) is 11.5. The van der Waals surface area contributed by atoms with Gasteiger partial charge in [-0.05, 0) is 95.2 Å². The van der Waals surface area contributed by atoms with Crippen LogP contribution < -0.4 is 10.6 Å². The summed E-state index contributed by atoms with van der Waals surface area (Å²) in [5.41, 5.74) is 7.97. The summed E-state index contributed by atoms with van der Waals surface area (Å²) in [5.74, 6) is -0.100. The van der Waals surface area contributed by atoms with E-state index in [1.165, 1.54) is 6.92 Å². The van der Waals surface area contributed by atoms with Gasteiger partial charge < -0.3 is 20.3 Å². The van der Waals surface area contributed by atoms with E-state index in [4.69, 9.17) is 14.7 Å². The Hall–Kier alpha value is -4.56. The first-order valence-electron chi connectivity index (χ1n) is 16.3. The monoisotopic (exact) mass is 620 g/mol. The van der Waals surface area contributed by atoms with E-state index in [0.29, 0.717) is 6.42 Å². The second kappa shape index (κ2) is 17.2. The van der Waals surface area contributed by atoms with Crippen LogP contribution in [0.4, 0.5) is 5.69 Å². The number of methoxy groups -OCH3 is 1. The molecule has 4 rings (SSSR count). The van der Waals surface area contributed by atoms with E-state index in [1.54, 1.807) is 13.2 Å². The van der Waals surface area contributed by atoms with Gasteiger partial charge in [-0.3, -0.25) is 19.8 Å². The number of hydrogen-bond donors (Lipinski definition) is 2. The molecule has 2 unspecified atom stereocenters. The van der Waals surface area contributed by atoms with Crippen LogP contribution in [-0.2, 0) is 9.53 Å². The number of carbonyl (C=O) groups excluding carboxylic acids is 1. The Kier molecular flexibility index (Phi) is 12.8. The second-order valence-corrected chi connectivity index (χ2v) is 11.5. The molecule has 1 fully saturated rings. The molecule has 8 heteroatoms. The lowest BCUT2D eigenvalue weighted by molar-refractivity contribution is -0.118. The van der Waals surface area contributed by atoms with Crippen molar-refractivity contribution in [3.05, 3.63) is 119 Å². The molecule has 1 aromatic rings. The zero-order valence-corrected chi connectivity index (χ0v) is 27.9. The number of aliphatic imine (C=N–C) groups is 2. The maximum atomic E-state index is 11.8. The third-order valence-corrected chi connectivity index (χ3v) is 8.03. The Bertz CT molecular complexity index is 1530. The Labute approximate surface area is 274 Å². The molecule has 0 spiro atoms. The Balaban J connectivity index is 1.84. The van der Waals surface area contributed by atoms with Crippen LogP contribution in [0.15, 0.2) is 124 Å². The van der Waals surface area contributed by atoms with Gasteiger partial charge in [0, 0.05) is 31.1 Å². The molecule has 2 heterocycles. The Morgan fingerprint density at radius 2 is 2.02 bits per heavy atom. The minimum absolute atomic E-state index is 0.100. The number of allylic oxidation sites excluding steroid dienone is 10. The van der Waals surface area contributed by atoms with E-state index < -0.39 is 0 Å². The van der Waals surface area contributed by atoms with E-state index >= 15 is 0 Å². The first-order valence-corrected chi connectivity index (χ1v) is 16.3. The molecule has 2 aliphatic carbocycles. The molecule has 242 valence electrons. The normalized spacial score (nSPS) is 23.6. The molecule has 2 atom stereocenters. The van der Waals surface area contributed by atoms with Gasteiger partial charge in [0.25, 0.3) is 0 Å². The van der Waals surface area contributed by atoms with Crippen LogP contribution >= 0.6 is 0 Å². The first kappa shape index (κ1) is 34.3. The van der Waals surface area contributed by atoms with Crippen LogP contribution in [0, 0.1) is 6.92 Å². The number of carbonyl (C=O) groups is 1. The predicted molar refractivity (Wildman–Crippen MR) is 190 cm³/mol. The summed E-state index contributed by atoms with van der Waals surface area (Å²) in [4.78, 5) is 28.8. The maximum Gasteiger partial charge on any atom is 0.221 e. The van der Waals surface area contributed by atoms with Crippen molar-refractivity contribution in [1.82, 2.24) is 15.2 Å². The molecule has 1 aromatic heterocycles. The third-order valence-electron chi connectivity index (χ3n) is 8.03. The van der Waals surface area contributed by atoms with Crippen molar-refractivity contribution in [2.45, 2.75) is 84.8 Å². The number of aryl methyl sites for hydroxylation is 1. The summed E-state index contributed by atoms with van der Waals surface area (Å²) in [6.07, 6.45) is 28.8. The molecule has 0 bridgehead atoms. The molecule has 1 aliphatic heterocycles. The summed E-state index contributed by atoms with van der Waals surface area (Å²) in [6, 6.07) is 4.19. The number of aromatic nitrogens is 1. The molecule has 0 aromatic carbocycles. The Morgan fingerprint density at radius 3 is 2.72 bits per heavy atom. The van der Waals surface area contributed by atoms with Gasteiger partial charge in [0.2, 0.25) is 5.91 Å². The van der Waals surface area contributed by atoms with E-state index in [9.17, 15) is 4.79 Å². The fourth-order valence-corrected chi connectivity index (χ4v) is 5.72. The average Bonchev–Trinajstić information content (AvgIpc) is 3.42. The van der Waals surface area contributed by atoms with Crippen molar-refractivity contribution < 1.29 is 9.53 Å². The number of hydrogen-bond acceptors (Lipinski definition) is 7. The van der Waals surface area contributed by atoms with Gasteiger partial charge in [-0.2, -0.15) is 0 Å². The van der Waals surface area contributed by atoms with Crippen LogP contribution in [0.5, 0.6) is 0 Å². The van der Waals surface area contributed by atoms with Gasteiger partial charge in [-0.15, -0.1) is 0 Å². The van der Waals surface area contributed by atoms with E-state index in [2.05, 4.69) is 58.3 Å². The minimum Gasteiger partial charge on any atom is -0.381 e. The number of nitrogens with zero attached hydrogens (tertiary/aromatic N) is 4. The summed E-state index contributed by atoms with van der Waals surface area (Å²) in [6.45, 7) is 11.6. The lowest BCUT2D eigenvalue weighted by atomic mass is 10.1. The minimum atomic E-state index is -0.100. The van der Waals surface area contributed by atoms with Crippen molar-refractivity contribution in [1.29, 1.82) is 0 Å². The zero-order chi connectivity index (χ0) is 32.9. The quantitative estimate of drug-likeness (QED) is 0.204. The standard InChI is InChI=1S/C38H48N6O2/c1-7-12-36-38(13-8-2)44(32-16-10-14-29(20-22-32)41-28(5)45)33(26-40-36)24-37(42-30-15-11-17-34(46-6)23-21-30)35(9-3)43-31-19-18-27(4)39-25-31/h8-9,12-14,16,18-20,22,24-26,30,34,43H,2,7,10-11,15,17,21,23H2,1,3-6H3,(H,41,45)/b33-24+,35-9+,36-12+,38-13+,42-37?. The smallest absolute Gasteiger partial charge is 0.221 e. The molecular weight excluding hydrogens is 572 g/mol. The fraction of sp³-hybridized carbons (Fsp3) is 0.368. The molecule has 1 saturated carbocycles. The maximum absolute atomic E-state index is 11.8. The van der Waals surface area contributed by atoms with Gasteiger partial charge in [0.1, 0.15) is 0 Å². The molecular formula is C38H48N6O2. The highest BCUT2D eigenvalue weighted by Gasteiger charge is 2.25. The summed E-state index contributed by atoms with van der Waals surface area (Å²) < 4.78 is 5.71. The number of rotatable bonds is 10. The topological polar surface area (TPSA) is 91.2 Å². The number of ether oxygens (including phenoxy) is 1. The van der Waals surface area contributed by atoms with Crippen LogP contribution in [0.2, 0.25) is 0 Å².